The van der Waals surface area contributed by atoms with Gasteiger partial charge in [-0.25, -0.2) is 0 Å². The van der Waals surface area contributed by atoms with Crippen molar-refractivity contribution in [3.05, 3.63) is 131 Å². The van der Waals surface area contributed by atoms with Crippen molar-refractivity contribution in [2.75, 3.05) is 24.6 Å². The second-order valence-electron chi connectivity index (χ2n) is 12.4. The zero-order valence-electron chi connectivity index (χ0n) is 27.7. The number of carbonyl (C=O) groups excluding carboxylic acids is 2. The Bertz CT molecular complexity index is 1610. The van der Waals surface area contributed by atoms with Gasteiger partial charge < -0.3 is 30.9 Å². The highest BCUT2D eigenvalue weighted by Crippen LogP contribution is 2.38. The van der Waals surface area contributed by atoms with Gasteiger partial charge in [-0.2, -0.15) is 0 Å². The van der Waals surface area contributed by atoms with Gasteiger partial charge in [0.05, 0.1) is 30.2 Å². The maximum absolute atomic E-state index is 12.5. The summed E-state index contributed by atoms with van der Waals surface area (Å²) in [6, 6.07) is 33.6. The van der Waals surface area contributed by atoms with Crippen molar-refractivity contribution in [3.8, 4) is 0 Å². The van der Waals surface area contributed by atoms with Crippen LogP contribution in [0.25, 0.3) is 0 Å². The minimum atomic E-state index is -0.562. The molecule has 4 aromatic rings. The number of nitrogens with one attached hydrogen (secondary N) is 2. The van der Waals surface area contributed by atoms with Gasteiger partial charge in [-0.05, 0) is 54.8 Å². The van der Waals surface area contributed by atoms with Crippen molar-refractivity contribution in [2.45, 2.75) is 70.3 Å². The van der Waals surface area contributed by atoms with Crippen molar-refractivity contribution in [3.63, 3.8) is 0 Å². The number of nitrogens with two attached hydrogens (primary N) is 1. The quantitative estimate of drug-likeness (QED) is 0.116. The summed E-state index contributed by atoms with van der Waals surface area (Å²) < 4.78 is 13.1. The van der Waals surface area contributed by atoms with E-state index in [1.54, 1.807) is 24.3 Å². The van der Waals surface area contributed by atoms with Gasteiger partial charge in [0.25, 0.3) is 0 Å². The topological polar surface area (TPSA) is 126 Å². The van der Waals surface area contributed by atoms with Crippen LogP contribution in [0.4, 0.5) is 11.4 Å². The number of rotatable bonds is 14. The van der Waals surface area contributed by atoms with E-state index in [4.69, 9.17) is 15.2 Å². The molecule has 4 atom stereocenters. The molecule has 0 saturated carbocycles. The number of carbonyl (C=O) groups is 2. The number of aliphatic hydroxyl groups is 1. The van der Waals surface area contributed by atoms with E-state index in [9.17, 15) is 14.7 Å². The SMILES string of the molecule is C[C@@H](c1ccccc1)N(C)C[C@H]1C[C@@H](c2ccc(CO)cc2)O[C@@H](c2ccc(CNC(=O)CCCC(=O)Nc3ccccc3N)cc2)O1. The van der Waals surface area contributed by atoms with Crippen LogP contribution in [0.3, 0.4) is 0 Å². The average molecular weight is 651 g/mol. The molecule has 2 amide bonds. The fraction of sp³-hybridized carbons (Fsp3) is 0.333. The highest BCUT2D eigenvalue weighted by atomic mass is 16.7. The summed E-state index contributed by atoms with van der Waals surface area (Å²) in [4.78, 5) is 27.0. The Morgan fingerprint density at radius 1 is 0.854 bits per heavy atom. The molecule has 9 heteroatoms. The van der Waals surface area contributed by atoms with Crippen molar-refractivity contribution in [1.29, 1.82) is 0 Å². The first-order valence-corrected chi connectivity index (χ1v) is 16.5. The van der Waals surface area contributed by atoms with Crippen molar-refractivity contribution in [2.24, 2.45) is 0 Å². The predicted octanol–water partition coefficient (Wildman–Crippen LogP) is 6.42. The summed E-state index contributed by atoms with van der Waals surface area (Å²) in [7, 11) is 2.12. The molecule has 5 rings (SSSR count). The maximum atomic E-state index is 12.5. The molecule has 0 aliphatic carbocycles. The number of hydrogen-bond acceptors (Lipinski definition) is 7. The van der Waals surface area contributed by atoms with Gasteiger partial charge in [-0.1, -0.05) is 91.0 Å². The number of ether oxygens (including phenoxy) is 2. The van der Waals surface area contributed by atoms with Crippen LogP contribution < -0.4 is 16.4 Å². The molecular weight excluding hydrogens is 604 g/mol. The lowest BCUT2D eigenvalue weighted by atomic mass is 9.99. The number of amides is 2. The number of hydrogen-bond donors (Lipinski definition) is 4. The van der Waals surface area contributed by atoms with Crippen molar-refractivity contribution < 1.29 is 24.2 Å². The van der Waals surface area contributed by atoms with Gasteiger partial charge >= 0.3 is 0 Å². The van der Waals surface area contributed by atoms with Crippen LogP contribution in [0.1, 0.15) is 78.9 Å². The number of anilines is 2. The lowest BCUT2D eigenvalue weighted by Crippen LogP contribution is -2.38. The van der Waals surface area contributed by atoms with E-state index in [2.05, 4.69) is 53.8 Å². The molecule has 5 N–H and O–H groups in total. The Morgan fingerprint density at radius 3 is 2.21 bits per heavy atom. The van der Waals surface area contributed by atoms with Gasteiger partial charge in [0.1, 0.15) is 0 Å². The molecule has 48 heavy (non-hydrogen) atoms. The fourth-order valence-corrected chi connectivity index (χ4v) is 5.81. The van der Waals surface area contributed by atoms with Crippen LogP contribution in [0.15, 0.2) is 103 Å². The summed E-state index contributed by atoms with van der Waals surface area (Å²) in [5, 5.41) is 15.3. The van der Waals surface area contributed by atoms with Crippen molar-refractivity contribution in [1.82, 2.24) is 10.2 Å². The van der Waals surface area contributed by atoms with Crippen LogP contribution in [0.5, 0.6) is 0 Å². The first-order valence-electron chi connectivity index (χ1n) is 16.5. The van der Waals surface area contributed by atoms with Gasteiger partial charge in [-0.15, -0.1) is 0 Å². The number of aliphatic hydroxyl groups excluding tert-OH is 1. The molecule has 1 aliphatic rings. The smallest absolute Gasteiger partial charge is 0.224 e. The van der Waals surface area contributed by atoms with Crippen LogP contribution in [-0.2, 0) is 32.2 Å². The zero-order chi connectivity index (χ0) is 33.9. The summed E-state index contributed by atoms with van der Waals surface area (Å²) >= 11 is 0. The summed E-state index contributed by atoms with van der Waals surface area (Å²) in [5.74, 6) is -0.288. The molecule has 1 fully saturated rings. The summed E-state index contributed by atoms with van der Waals surface area (Å²) in [6.45, 7) is 3.31. The van der Waals surface area contributed by atoms with Crippen LogP contribution in [0, 0.1) is 0 Å². The minimum absolute atomic E-state index is 0.00300. The standard InChI is InChI=1S/C39H46N4O5/c1-27(30-9-4-3-5-10-30)43(2)25-33-23-36(31-19-17-29(26-44)18-20-31)48-39(47-33)32-21-15-28(16-22-32)24-41-37(45)13-8-14-38(46)42-35-12-7-6-11-34(35)40/h3-7,9-12,15-22,27,33,36,39,44H,8,13-14,23-26,40H2,1-2H3,(H,41,45)(H,42,46)/t27-,33+,36-,39-/m0/s1. The van der Waals surface area contributed by atoms with Gasteiger partial charge in [0, 0.05) is 44.0 Å². The number of likely N-dealkylation sites (N-methyl/N-ethyl adjacent to an activating group) is 1. The lowest BCUT2D eigenvalue weighted by Gasteiger charge is -2.39. The summed E-state index contributed by atoms with van der Waals surface area (Å²) in [6.07, 6.45) is 0.803. The lowest BCUT2D eigenvalue weighted by molar-refractivity contribution is -0.253. The third kappa shape index (κ3) is 9.74. The Hall–Kier alpha value is -4.54. The Labute approximate surface area is 283 Å². The monoisotopic (exact) mass is 650 g/mol. The second-order valence-corrected chi connectivity index (χ2v) is 12.4. The van der Waals surface area contributed by atoms with Crippen LogP contribution >= 0.6 is 0 Å². The van der Waals surface area contributed by atoms with E-state index in [0.29, 0.717) is 30.8 Å². The van der Waals surface area contributed by atoms with Gasteiger partial charge in [0.15, 0.2) is 6.29 Å². The molecular formula is C39H46N4O5. The Kier molecular flexibility index (Phi) is 12.3. The van der Waals surface area contributed by atoms with Crippen LogP contribution in [0.2, 0.25) is 0 Å². The normalized spacial score (nSPS) is 18.3. The molecule has 1 saturated heterocycles. The molecule has 0 radical (unpaired) electrons. The van der Waals surface area contributed by atoms with E-state index in [1.165, 1.54) is 5.56 Å². The first-order chi connectivity index (χ1) is 23.3. The third-order valence-electron chi connectivity index (χ3n) is 8.83. The molecule has 1 aliphatic heterocycles. The molecule has 0 unspecified atom stereocenters. The van der Waals surface area contributed by atoms with Gasteiger partial charge in [-0.3, -0.25) is 14.5 Å². The van der Waals surface area contributed by atoms with Gasteiger partial charge in [0.2, 0.25) is 11.8 Å². The molecule has 252 valence electrons. The van der Waals surface area contributed by atoms with E-state index >= 15 is 0 Å². The van der Waals surface area contributed by atoms with E-state index in [-0.39, 0.29) is 49.5 Å². The zero-order valence-corrected chi connectivity index (χ0v) is 27.7. The third-order valence-corrected chi connectivity index (χ3v) is 8.83. The van der Waals surface area contributed by atoms with E-state index < -0.39 is 6.29 Å². The molecule has 4 aromatic carbocycles. The molecule has 1 heterocycles. The molecule has 0 bridgehead atoms. The molecule has 9 nitrogen and oxygen atoms in total. The fourth-order valence-electron chi connectivity index (χ4n) is 5.81. The number of nitrogens with zero attached hydrogens (tertiary/aromatic N) is 1. The average Bonchev–Trinajstić information content (AvgIpc) is 3.12. The Balaban J connectivity index is 1.16. The maximum Gasteiger partial charge on any atom is 0.224 e. The van der Waals surface area contributed by atoms with E-state index in [0.717, 1.165) is 28.8 Å². The number of benzene rings is 4. The highest BCUT2D eigenvalue weighted by molar-refractivity contribution is 5.93. The van der Waals surface area contributed by atoms with E-state index in [1.807, 2.05) is 54.6 Å². The number of nitrogen functional groups attached to an aromatic ring is 1. The molecule has 0 spiro atoms. The minimum Gasteiger partial charge on any atom is -0.397 e. The van der Waals surface area contributed by atoms with Crippen molar-refractivity contribution >= 4 is 23.2 Å². The number of para-hydroxylation sites is 2. The summed E-state index contributed by atoms with van der Waals surface area (Å²) in [5.41, 5.74) is 12.0. The second kappa shape index (κ2) is 17.0. The predicted molar refractivity (Wildman–Crippen MR) is 188 cm³/mol. The largest absolute Gasteiger partial charge is 0.397 e. The molecule has 0 aromatic heterocycles. The Morgan fingerprint density at radius 2 is 1.50 bits per heavy atom. The van der Waals surface area contributed by atoms with Crippen LogP contribution in [-0.4, -0.2) is 41.5 Å². The first kappa shape index (κ1) is 34.8. The highest BCUT2D eigenvalue weighted by Gasteiger charge is 2.33.